The number of β-amino-alcohol motifs (C(OH)–C–C–N with tert-alkyl or cyclic N) is 1. The molecule has 1 aromatic carbocycles. The molecular formula is C12H17Cl2NO. The minimum Gasteiger partial charge on any atom is -0.387 e. The molecule has 1 rings (SSSR count). The Balaban J connectivity index is 2.66. The summed E-state index contributed by atoms with van der Waals surface area (Å²) in [5, 5.41) is 14.1. The minimum absolute atomic E-state index is 0.0167. The van der Waals surface area contributed by atoms with E-state index in [1.165, 1.54) is 0 Å². The lowest BCUT2D eigenvalue weighted by Crippen LogP contribution is -2.38. The fraction of sp³-hybridized carbons (Fsp3) is 0.500. The maximum atomic E-state index is 9.93. The summed E-state index contributed by atoms with van der Waals surface area (Å²) < 4.78 is 0. The molecule has 0 saturated heterocycles. The van der Waals surface area contributed by atoms with Gasteiger partial charge in [0, 0.05) is 12.1 Å². The fourth-order valence-corrected chi connectivity index (χ4v) is 1.55. The Kier molecular flexibility index (Phi) is 4.62. The molecule has 0 fully saturated rings. The van der Waals surface area contributed by atoms with Crippen molar-refractivity contribution in [1.82, 2.24) is 5.32 Å². The van der Waals surface area contributed by atoms with Crippen LogP contribution in [0.25, 0.3) is 0 Å². The molecule has 1 atom stereocenters. The number of aliphatic hydroxyl groups excluding tert-OH is 1. The van der Waals surface area contributed by atoms with E-state index in [2.05, 4.69) is 26.1 Å². The molecular weight excluding hydrogens is 245 g/mol. The molecule has 0 amide bonds. The molecule has 1 aromatic rings. The van der Waals surface area contributed by atoms with E-state index >= 15 is 0 Å². The lowest BCUT2D eigenvalue weighted by atomic mass is 10.1. The quantitative estimate of drug-likeness (QED) is 0.874. The first-order valence-corrected chi connectivity index (χ1v) is 5.93. The second kappa shape index (κ2) is 5.37. The van der Waals surface area contributed by atoms with Gasteiger partial charge in [0.25, 0.3) is 0 Å². The number of nitrogens with one attached hydrogen (secondary N) is 1. The standard InChI is InChI=1S/C12H17Cl2NO/c1-12(2,3)15-7-11(16)8-4-5-9(13)10(14)6-8/h4-6,11,15-16H,7H2,1-3H3/t11-/m0/s1. The summed E-state index contributed by atoms with van der Waals surface area (Å²) in [5.41, 5.74) is 0.753. The van der Waals surface area contributed by atoms with Crippen molar-refractivity contribution in [2.75, 3.05) is 6.54 Å². The van der Waals surface area contributed by atoms with Gasteiger partial charge in [-0.2, -0.15) is 0 Å². The molecule has 0 radical (unpaired) electrons. The fourth-order valence-electron chi connectivity index (χ4n) is 1.24. The molecule has 0 heterocycles. The van der Waals surface area contributed by atoms with Gasteiger partial charge in [0.15, 0.2) is 0 Å². The molecule has 16 heavy (non-hydrogen) atoms. The normalized spacial score (nSPS) is 13.9. The average Bonchev–Trinajstić information content (AvgIpc) is 2.17. The maximum Gasteiger partial charge on any atom is 0.0915 e. The summed E-state index contributed by atoms with van der Waals surface area (Å²) in [6.45, 7) is 6.64. The van der Waals surface area contributed by atoms with Gasteiger partial charge in [-0.1, -0.05) is 29.3 Å². The Bertz CT molecular complexity index is 361. The van der Waals surface area contributed by atoms with Crippen LogP contribution in [0, 0.1) is 0 Å². The molecule has 0 aromatic heterocycles. The summed E-state index contributed by atoms with van der Waals surface area (Å²) in [5.74, 6) is 0. The van der Waals surface area contributed by atoms with Crippen LogP contribution < -0.4 is 5.32 Å². The first kappa shape index (κ1) is 13.8. The Morgan fingerprint density at radius 1 is 1.25 bits per heavy atom. The molecule has 0 aliphatic rings. The number of halogens is 2. The molecule has 2 nitrogen and oxygen atoms in total. The lowest BCUT2D eigenvalue weighted by molar-refractivity contribution is 0.163. The zero-order chi connectivity index (χ0) is 12.3. The summed E-state index contributed by atoms with van der Waals surface area (Å²) in [7, 11) is 0. The second-order valence-corrected chi connectivity index (χ2v) is 5.63. The van der Waals surface area contributed by atoms with Gasteiger partial charge in [-0.3, -0.25) is 0 Å². The van der Waals surface area contributed by atoms with E-state index in [0.29, 0.717) is 16.6 Å². The molecule has 0 spiro atoms. The maximum absolute atomic E-state index is 9.93. The first-order valence-electron chi connectivity index (χ1n) is 5.17. The van der Waals surface area contributed by atoms with Crippen molar-refractivity contribution in [1.29, 1.82) is 0 Å². The Morgan fingerprint density at radius 3 is 2.38 bits per heavy atom. The Morgan fingerprint density at radius 2 is 1.88 bits per heavy atom. The van der Waals surface area contributed by atoms with Gasteiger partial charge < -0.3 is 10.4 Å². The third-order valence-electron chi connectivity index (χ3n) is 2.15. The van der Waals surface area contributed by atoms with Crippen molar-refractivity contribution in [3.63, 3.8) is 0 Å². The lowest BCUT2D eigenvalue weighted by Gasteiger charge is -2.23. The highest BCUT2D eigenvalue weighted by atomic mass is 35.5. The highest BCUT2D eigenvalue weighted by Crippen LogP contribution is 2.25. The smallest absolute Gasteiger partial charge is 0.0915 e. The van der Waals surface area contributed by atoms with Crippen LogP contribution in [0.5, 0.6) is 0 Å². The van der Waals surface area contributed by atoms with Gasteiger partial charge in [0.05, 0.1) is 16.1 Å². The number of aliphatic hydroxyl groups is 1. The van der Waals surface area contributed by atoms with Gasteiger partial charge in [0.1, 0.15) is 0 Å². The molecule has 0 saturated carbocycles. The van der Waals surface area contributed by atoms with Crippen LogP contribution in [0.1, 0.15) is 32.4 Å². The van der Waals surface area contributed by atoms with Gasteiger partial charge >= 0.3 is 0 Å². The third kappa shape index (κ3) is 4.30. The predicted octanol–water partition coefficient (Wildman–Crippen LogP) is 3.41. The van der Waals surface area contributed by atoms with Crippen LogP contribution >= 0.6 is 23.2 Å². The van der Waals surface area contributed by atoms with Crippen LogP contribution in [-0.4, -0.2) is 17.2 Å². The SMILES string of the molecule is CC(C)(C)NC[C@H](O)c1ccc(Cl)c(Cl)c1. The number of hydrogen-bond donors (Lipinski definition) is 2. The molecule has 0 aliphatic carbocycles. The number of benzene rings is 1. The van der Waals surface area contributed by atoms with Crippen molar-refractivity contribution in [2.45, 2.75) is 32.4 Å². The Hall–Kier alpha value is -0.280. The van der Waals surface area contributed by atoms with Crippen molar-refractivity contribution in [2.24, 2.45) is 0 Å². The van der Waals surface area contributed by atoms with E-state index in [9.17, 15) is 5.11 Å². The van der Waals surface area contributed by atoms with Crippen molar-refractivity contribution < 1.29 is 5.11 Å². The summed E-state index contributed by atoms with van der Waals surface area (Å²) in [4.78, 5) is 0. The summed E-state index contributed by atoms with van der Waals surface area (Å²) in [6, 6.07) is 5.17. The molecule has 0 aliphatic heterocycles. The third-order valence-corrected chi connectivity index (χ3v) is 2.89. The van der Waals surface area contributed by atoms with E-state index < -0.39 is 6.10 Å². The molecule has 4 heteroatoms. The minimum atomic E-state index is -0.575. The van der Waals surface area contributed by atoms with E-state index in [-0.39, 0.29) is 5.54 Å². The van der Waals surface area contributed by atoms with Gasteiger partial charge in [-0.15, -0.1) is 0 Å². The highest BCUT2D eigenvalue weighted by Gasteiger charge is 2.14. The predicted molar refractivity (Wildman–Crippen MR) is 69.2 cm³/mol. The highest BCUT2D eigenvalue weighted by molar-refractivity contribution is 6.42. The first-order chi connectivity index (χ1) is 7.29. The topological polar surface area (TPSA) is 32.3 Å². The number of hydrogen-bond acceptors (Lipinski definition) is 2. The van der Waals surface area contributed by atoms with Crippen LogP contribution in [-0.2, 0) is 0 Å². The Labute approximate surface area is 107 Å². The monoisotopic (exact) mass is 261 g/mol. The number of rotatable bonds is 3. The van der Waals surface area contributed by atoms with Crippen LogP contribution in [0.3, 0.4) is 0 Å². The van der Waals surface area contributed by atoms with E-state index in [1.54, 1.807) is 18.2 Å². The van der Waals surface area contributed by atoms with Crippen molar-refractivity contribution >= 4 is 23.2 Å². The van der Waals surface area contributed by atoms with E-state index in [0.717, 1.165) is 5.56 Å². The van der Waals surface area contributed by atoms with Gasteiger partial charge in [-0.25, -0.2) is 0 Å². The van der Waals surface area contributed by atoms with Gasteiger partial charge in [0.2, 0.25) is 0 Å². The van der Waals surface area contributed by atoms with E-state index in [1.807, 2.05) is 0 Å². The van der Waals surface area contributed by atoms with Gasteiger partial charge in [-0.05, 0) is 38.5 Å². The zero-order valence-corrected chi connectivity index (χ0v) is 11.2. The van der Waals surface area contributed by atoms with E-state index in [4.69, 9.17) is 23.2 Å². The van der Waals surface area contributed by atoms with Crippen LogP contribution in [0.2, 0.25) is 10.0 Å². The van der Waals surface area contributed by atoms with Crippen molar-refractivity contribution in [3.8, 4) is 0 Å². The van der Waals surface area contributed by atoms with Crippen molar-refractivity contribution in [3.05, 3.63) is 33.8 Å². The molecule has 2 N–H and O–H groups in total. The molecule has 0 unspecified atom stereocenters. The van der Waals surface area contributed by atoms with Crippen LogP contribution in [0.15, 0.2) is 18.2 Å². The molecule has 90 valence electrons. The summed E-state index contributed by atoms with van der Waals surface area (Å²) in [6.07, 6.45) is -0.575. The largest absolute Gasteiger partial charge is 0.387 e. The average molecular weight is 262 g/mol. The second-order valence-electron chi connectivity index (χ2n) is 4.82. The molecule has 0 bridgehead atoms. The van der Waals surface area contributed by atoms with Crippen LogP contribution in [0.4, 0.5) is 0 Å². The summed E-state index contributed by atoms with van der Waals surface area (Å²) >= 11 is 11.7. The zero-order valence-electron chi connectivity index (χ0n) is 9.72.